The van der Waals surface area contributed by atoms with Crippen molar-refractivity contribution in [2.75, 3.05) is 26.2 Å². The summed E-state index contributed by atoms with van der Waals surface area (Å²) in [5.74, 6) is 0. The van der Waals surface area contributed by atoms with E-state index in [2.05, 4.69) is 61.8 Å². The summed E-state index contributed by atoms with van der Waals surface area (Å²) >= 11 is 0. The molecular weight excluding hydrogens is 232 g/mol. The van der Waals surface area contributed by atoms with Crippen molar-refractivity contribution in [3.05, 3.63) is 47.5 Å². The van der Waals surface area contributed by atoms with E-state index < -0.39 is 0 Å². The molecule has 0 heterocycles. The lowest BCUT2D eigenvalue weighted by atomic mass is 10.1. The molecule has 19 heavy (non-hydrogen) atoms. The highest BCUT2D eigenvalue weighted by Gasteiger charge is 2.03. The van der Waals surface area contributed by atoms with Gasteiger partial charge in [0.2, 0.25) is 0 Å². The Morgan fingerprint density at radius 1 is 1.16 bits per heavy atom. The third-order valence-corrected chi connectivity index (χ3v) is 3.21. The Kier molecular flexibility index (Phi) is 7.46. The van der Waals surface area contributed by atoms with Crippen molar-refractivity contribution in [1.82, 2.24) is 10.2 Å². The molecule has 0 amide bonds. The van der Waals surface area contributed by atoms with Crippen LogP contribution in [0.15, 0.2) is 36.4 Å². The fraction of sp³-hybridized carbons (Fsp3) is 0.529. The van der Waals surface area contributed by atoms with Gasteiger partial charge in [0.1, 0.15) is 0 Å². The summed E-state index contributed by atoms with van der Waals surface area (Å²) in [4.78, 5) is 2.41. The maximum absolute atomic E-state index is 3.99. The van der Waals surface area contributed by atoms with Crippen molar-refractivity contribution in [2.45, 2.75) is 33.7 Å². The monoisotopic (exact) mass is 260 g/mol. The first kappa shape index (κ1) is 15.9. The van der Waals surface area contributed by atoms with Gasteiger partial charge in [0.15, 0.2) is 0 Å². The first-order chi connectivity index (χ1) is 9.15. The normalized spacial score (nSPS) is 10.9. The van der Waals surface area contributed by atoms with E-state index in [0.29, 0.717) is 0 Å². The predicted molar refractivity (Wildman–Crippen MR) is 84.5 cm³/mol. The van der Waals surface area contributed by atoms with Crippen molar-refractivity contribution >= 4 is 0 Å². The molecule has 1 N–H and O–H groups in total. The third kappa shape index (κ3) is 6.55. The largest absolute Gasteiger partial charge is 0.317 e. The molecule has 1 aromatic rings. The predicted octanol–water partition coefficient (Wildman–Crippen LogP) is 3.24. The molecule has 106 valence electrons. The standard InChI is InChI=1S/C17H28N2/c1-5-18-12-11-16-7-9-17(10-8-16)14-19(6-2)13-15(3)4/h7-10,18H,3,5-6,11-14H2,1-2,4H3. The molecule has 0 aliphatic rings. The van der Waals surface area contributed by atoms with E-state index >= 15 is 0 Å². The second kappa shape index (κ2) is 8.89. The summed E-state index contributed by atoms with van der Waals surface area (Å²) in [6, 6.07) is 9.01. The maximum atomic E-state index is 3.99. The Hall–Kier alpha value is -1.12. The van der Waals surface area contributed by atoms with Gasteiger partial charge >= 0.3 is 0 Å². The lowest BCUT2D eigenvalue weighted by Gasteiger charge is -2.20. The number of hydrogen-bond donors (Lipinski definition) is 1. The minimum Gasteiger partial charge on any atom is -0.317 e. The molecule has 0 bridgehead atoms. The van der Waals surface area contributed by atoms with Gasteiger partial charge in [-0.25, -0.2) is 0 Å². The number of nitrogens with zero attached hydrogens (tertiary/aromatic N) is 1. The molecule has 0 aliphatic carbocycles. The van der Waals surface area contributed by atoms with Crippen molar-refractivity contribution in [3.63, 3.8) is 0 Å². The molecule has 0 unspecified atom stereocenters. The van der Waals surface area contributed by atoms with Crippen LogP contribution in [0.1, 0.15) is 31.9 Å². The number of benzene rings is 1. The van der Waals surface area contributed by atoms with Gasteiger partial charge in [0, 0.05) is 13.1 Å². The van der Waals surface area contributed by atoms with E-state index in [1.165, 1.54) is 16.7 Å². The number of likely N-dealkylation sites (N-methyl/N-ethyl adjacent to an activating group) is 2. The highest BCUT2D eigenvalue weighted by atomic mass is 15.1. The highest BCUT2D eigenvalue weighted by Crippen LogP contribution is 2.09. The molecule has 0 spiro atoms. The third-order valence-electron chi connectivity index (χ3n) is 3.21. The molecule has 2 heteroatoms. The number of rotatable bonds is 9. The van der Waals surface area contributed by atoms with Crippen molar-refractivity contribution in [1.29, 1.82) is 0 Å². The highest BCUT2D eigenvalue weighted by molar-refractivity contribution is 5.23. The van der Waals surface area contributed by atoms with Crippen LogP contribution in [0.25, 0.3) is 0 Å². The lowest BCUT2D eigenvalue weighted by molar-refractivity contribution is 0.304. The summed E-state index contributed by atoms with van der Waals surface area (Å²) in [6.07, 6.45) is 1.11. The van der Waals surface area contributed by atoms with Crippen LogP contribution < -0.4 is 5.32 Å². The van der Waals surface area contributed by atoms with Gasteiger partial charge in [-0.1, -0.05) is 50.3 Å². The van der Waals surface area contributed by atoms with E-state index in [4.69, 9.17) is 0 Å². The molecule has 1 aromatic carbocycles. The average Bonchev–Trinajstić information content (AvgIpc) is 2.39. The quantitative estimate of drug-likeness (QED) is 0.542. The van der Waals surface area contributed by atoms with Crippen LogP contribution in [0, 0.1) is 0 Å². The smallest absolute Gasteiger partial charge is 0.0237 e. The zero-order chi connectivity index (χ0) is 14.1. The Labute approximate surface area is 118 Å². The SMILES string of the molecule is C=C(C)CN(CC)Cc1ccc(CCNCC)cc1. The Bertz CT molecular complexity index is 367. The maximum Gasteiger partial charge on any atom is 0.0237 e. The molecule has 0 fully saturated rings. The molecule has 0 aromatic heterocycles. The fourth-order valence-corrected chi connectivity index (χ4v) is 2.14. The Morgan fingerprint density at radius 3 is 2.32 bits per heavy atom. The van der Waals surface area contributed by atoms with Crippen LogP contribution in [0.4, 0.5) is 0 Å². The van der Waals surface area contributed by atoms with Gasteiger partial charge in [0.05, 0.1) is 0 Å². The molecule has 2 nitrogen and oxygen atoms in total. The molecule has 0 aliphatic heterocycles. The number of hydrogen-bond acceptors (Lipinski definition) is 2. The van der Waals surface area contributed by atoms with Gasteiger partial charge in [-0.05, 0) is 44.1 Å². The van der Waals surface area contributed by atoms with Gasteiger partial charge < -0.3 is 5.32 Å². The first-order valence-corrected chi connectivity index (χ1v) is 7.31. The van der Waals surface area contributed by atoms with Crippen LogP contribution in [0.3, 0.4) is 0 Å². The number of nitrogens with one attached hydrogen (secondary N) is 1. The summed E-state index contributed by atoms with van der Waals surface area (Å²) in [6.45, 7) is 15.6. The summed E-state index contributed by atoms with van der Waals surface area (Å²) in [7, 11) is 0. The van der Waals surface area contributed by atoms with Gasteiger partial charge in [-0.2, -0.15) is 0 Å². The second-order valence-electron chi connectivity index (χ2n) is 5.18. The summed E-state index contributed by atoms with van der Waals surface area (Å²) in [5.41, 5.74) is 4.02. The van der Waals surface area contributed by atoms with Crippen LogP contribution in [0.2, 0.25) is 0 Å². The van der Waals surface area contributed by atoms with Crippen LogP contribution in [0.5, 0.6) is 0 Å². The topological polar surface area (TPSA) is 15.3 Å². The van der Waals surface area contributed by atoms with Crippen molar-refractivity contribution in [2.24, 2.45) is 0 Å². The second-order valence-corrected chi connectivity index (χ2v) is 5.18. The van der Waals surface area contributed by atoms with E-state index in [-0.39, 0.29) is 0 Å². The molecule has 1 rings (SSSR count). The summed E-state index contributed by atoms with van der Waals surface area (Å²) in [5, 5.41) is 3.36. The van der Waals surface area contributed by atoms with Gasteiger partial charge in [-0.15, -0.1) is 0 Å². The molecular formula is C17H28N2. The van der Waals surface area contributed by atoms with Crippen molar-refractivity contribution < 1.29 is 0 Å². The van der Waals surface area contributed by atoms with Crippen LogP contribution in [-0.4, -0.2) is 31.1 Å². The summed E-state index contributed by atoms with van der Waals surface area (Å²) < 4.78 is 0. The van der Waals surface area contributed by atoms with E-state index in [0.717, 1.165) is 39.1 Å². The fourth-order valence-electron chi connectivity index (χ4n) is 2.14. The molecule has 0 saturated carbocycles. The van der Waals surface area contributed by atoms with E-state index in [1.54, 1.807) is 0 Å². The van der Waals surface area contributed by atoms with Gasteiger partial charge in [0.25, 0.3) is 0 Å². The average molecular weight is 260 g/mol. The Balaban J connectivity index is 2.48. The minimum absolute atomic E-state index is 0.985. The van der Waals surface area contributed by atoms with Crippen molar-refractivity contribution in [3.8, 4) is 0 Å². The Morgan fingerprint density at radius 2 is 1.79 bits per heavy atom. The van der Waals surface area contributed by atoms with E-state index in [1.807, 2.05) is 0 Å². The van der Waals surface area contributed by atoms with Crippen LogP contribution in [-0.2, 0) is 13.0 Å². The minimum atomic E-state index is 0.985. The zero-order valence-corrected chi connectivity index (χ0v) is 12.7. The lowest BCUT2D eigenvalue weighted by Crippen LogP contribution is -2.24. The first-order valence-electron chi connectivity index (χ1n) is 7.31. The molecule has 0 saturated heterocycles. The van der Waals surface area contributed by atoms with Gasteiger partial charge in [-0.3, -0.25) is 4.90 Å². The molecule has 0 radical (unpaired) electrons. The van der Waals surface area contributed by atoms with E-state index in [9.17, 15) is 0 Å². The zero-order valence-electron chi connectivity index (χ0n) is 12.7. The molecule has 0 atom stereocenters. The van der Waals surface area contributed by atoms with Crippen LogP contribution >= 0.6 is 0 Å².